The van der Waals surface area contributed by atoms with Crippen molar-refractivity contribution in [1.29, 1.82) is 5.26 Å². The van der Waals surface area contributed by atoms with Crippen molar-refractivity contribution in [2.45, 2.75) is 57.4 Å². The highest BCUT2D eigenvalue weighted by molar-refractivity contribution is 5.11. The summed E-state index contributed by atoms with van der Waals surface area (Å²) in [6.07, 6.45) is 9.30. The van der Waals surface area contributed by atoms with E-state index in [1.54, 1.807) is 0 Å². The molecule has 86 valence electrons. The fourth-order valence-electron chi connectivity index (χ4n) is 2.56. The Kier molecular flexibility index (Phi) is 3.00. The van der Waals surface area contributed by atoms with Crippen LogP contribution in [0.1, 0.15) is 57.4 Å². The van der Waals surface area contributed by atoms with Crippen molar-refractivity contribution in [3.05, 3.63) is 18.0 Å². The Morgan fingerprint density at radius 2 is 2.19 bits per heavy atom. The van der Waals surface area contributed by atoms with E-state index in [9.17, 15) is 0 Å². The molecule has 3 nitrogen and oxygen atoms in total. The van der Waals surface area contributed by atoms with Crippen molar-refractivity contribution in [3.63, 3.8) is 0 Å². The lowest BCUT2D eigenvalue weighted by molar-refractivity contribution is 0.269. The number of rotatable bonds is 3. The van der Waals surface area contributed by atoms with Crippen LogP contribution in [0.5, 0.6) is 0 Å². The first kappa shape index (κ1) is 11.2. The molecule has 0 bridgehead atoms. The van der Waals surface area contributed by atoms with Gasteiger partial charge >= 0.3 is 0 Å². The van der Waals surface area contributed by atoms with Gasteiger partial charge in [0.15, 0.2) is 0 Å². The minimum atomic E-state index is -0.0120. The summed E-state index contributed by atoms with van der Waals surface area (Å²) in [5, 5.41) is 13.5. The molecule has 2 rings (SSSR count). The number of aromatic nitrogens is 2. The fourth-order valence-corrected chi connectivity index (χ4v) is 2.56. The molecule has 0 amide bonds. The molecule has 3 heteroatoms. The first-order valence-electron chi connectivity index (χ1n) is 6.10. The molecule has 0 N–H and O–H groups in total. The normalized spacial score (nSPS) is 18.9. The molecule has 0 saturated heterocycles. The monoisotopic (exact) mass is 217 g/mol. The van der Waals surface area contributed by atoms with E-state index < -0.39 is 0 Å². The molecule has 1 saturated carbocycles. The summed E-state index contributed by atoms with van der Waals surface area (Å²) in [4.78, 5) is 0. The Hall–Kier alpha value is -1.30. The lowest BCUT2D eigenvalue weighted by atomic mass is 9.94. The first-order valence-corrected chi connectivity index (χ1v) is 6.10. The Bertz CT molecular complexity index is 392. The summed E-state index contributed by atoms with van der Waals surface area (Å²) >= 11 is 0. The molecule has 0 unspecified atom stereocenters. The molecule has 0 aliphatic heterocycles. The Balaban J connectivity index is 2.29. The molecule has 1 heterocycles. The summed E-state index contributed by atoms with van der Waals surface area (Å²) in [6, 6.07) is 2.33. The molecule has 1 aromatic rings. The highest BCUT2D eigenvalue weighted by Crippen LogP contribution is 2.39. The topological polar surface area (TPSA) is 41.6 Å². The molecule has 1 aliphatic rings. The van der Waals surface area contributed by atoms with Crippen molar-refractivity contribution in [3.8, 4) is 6.07 Å². The lowest BCUT2D eigenvalue weighted by Gasteiger charge is -2.26. The largest absolute Gasteiger partial charge is 0.265 e. The second kappa shape index (κ2) is 4.29. The zero-order valence-electron chi connectivity index (χ0n) is 10.1. The van der Waals surface area contributed by atoms with Crippen molar-refractivity contribution < 1.29 is 0 Å². The Labute approximate surface area is 97.1 Å². The number of hydrogen-bond donors (Lipinski definition) is 0. The molecule has 1 aromatic heterocycles. The first-order chi connectivity index (χ1) is 7.68. The van der Waals surface area contributed by atoms with Gasteiger partial charge in [0.1, 0.15) is 0 Å². The molecule has 1 fully saturated rings. The van der Waals surface area contributed by atoms with E-state index in [-0.39, 0.29) is 5.54 Å². The Morgan fingerprint density at radius 3 is 2.69 bits per heavy atom. The van der Waals surface area contributed by atoms with Gasteiger partial charge in [0.25, 0.3) is 0 Å². The SMILES string of the molecule is CC(C)c1cnn(C2(CC#N)CCCC2)c1. The average Bonchev–Trinajstić information content (AvgIpc) is 2.85. The van der Waals surface area contributed by atoms with Gasteiger partial charge < -0.3 is 0 Å². The van der Waals surface area contributed by atoms with E-state index >= 15 is 0 Å². The number of nitrogens with zero attached hydrogens (tertiary/aromatic N) is 3. The molecule has 0 spiro atoms. The van der Waals surface area contributed by atoms with Gasteiger partial charge in [0.2, 0.25) is 0 Å². The van der Waals surface area contributed by atoms with Crippen LogP contribution in [0.15, 0.2) is 12.4 Å². The third kappa shape index (κ3) is 1.84. The van der Waals surface area contributed by atoms with E-state index in [1.165, 1.54) is 18.4 Å². The molecule has 0 atom stereocenters. The van der Waals surface area contributed by atoms with Gasteiger partial charge in [-0.1, -0.05) is 26.7 Å². The molecular weight excluding hydrogens is 198 g/mol. The zero-order valence-corrected chi connectivity index (χ0v) is 10.1. The van der Waals surface area contributed by atoms with Gasteiger partial charge in [-0.15, -0.1) is 0 Å². The van der Waals surface area contributed by atoms with Crippen LogP contribution < -0.4 is 0 Å². The highest BCUT2D eigenvalue weighted by atomic mass is 15.3. The standard InChI is InChI=1S/C13H19N3/c1-11(2)12-9-15-16(10-12)13(7-8-14)5-3-4-6-13/h9-11H,3-7H2,1-2H3. The molecule has 0 radical (unpaired) electrons. The number of hydrogen-bond acceptors (Lipinski definition) is 2. The second-order valence-electron chi connectivity index (χ2n) is 5.14. The van der Waals surface area contributed by atoms with Crippen LogP contribution in [-0.4, -0.2) is 9.78 Å². The van der Waals surface area contributed by atoms with E-state index in [1.807, 2.05) is 6.20 Å². The predicted molar refractivity (Wildman–Crippen MR) is 63.0 cm³/mol. The van der Waals surface area contributed by atoms with Gasteiger partial charge in [-0.25, -0.2) is 0 Å². The third-order valence-electron chi connectivity index (χ3n) is 3.70. The van der Waals surface area contributed by atoms with Crippen molar-refractivity contribution in [2.75, 3.05) is 0 Å². The van der Waals surface area contributed by atoms with Crippen LogP contribution in [0.2, 0.25) is 0 Å². The molecular formula is C13H19N3. The van der Waals surface area contributed by atoms with Gasteiger partial charge in [0.05, 0.1) is 24.2 Å². The van der Waals surface area contributed by atoms with Crippen molar-refractivity contribution >= 4 is 0 Å². The summed E-state index contributed by atoms with van der Waals surface area (Å²) in [6.45, 7) is 4.35. The molecule has 1 aliphatic carbocycles. The maximum atomic E-state index is 8.98. The van der Waals surface area contributed by atoms with E-state index in [0.717, 1.165) is 12.8 Å². The van der Waals surface area contributed by atoms with E-state index in [2.05, 4.69) is 35.9 Å². The predicted octanol–water partition coefficient (Wildman–Crippen LogP) is 3.19. The second-order valence-corrected chi connectivity index (χ2v) is 5.14. The van der Waals surface area contributed by atoms with Crippen LogP contribution in [-0.2, 0) is 5.54 Å². The van der Waals surface area contributed by atoms with Gasteiger partial charge in [-0.2, -0.15) is 10.4 Å². The summed E-state index contributed by atoms with van der Waals surface area (Å²) in [7, 11) is 0. The minimum absolute atomic E-state index is 0.0120. The van der Waals surface area contributed by atoms with Crippen LogP contribution in [0.3, 0.4) is 0 Å². The summed E-state index contributed by atoms with van der Waals surface area (Å²) in [5.74, 6) is 0.509. The van der Waals surface area contributed by atoms with E-state index in [4.69, 9.17) is 5.26 Å². The van der Waals surface area contributed by atoms with Crippen LogP contribution >= 0.6 is 0 Å². The van der Waals surface area contributed by atoms with E-state index in [0.29, 0.717) is 12.3 Å². The van der Waals surface area contributed by atoms with Crippen LogP contribution in [0.25, 0.3) is 0 Å². The van der Waals surface area contributed by atoms with Crippen molar-refractivity contribution in [1.82, 2.24) is 9.78 Å². The lowest BCUT2D eigenvalue weighted by Crippen LogP contribution is -2.30. The fraction of sp³-hybridized carbons (Fsp3) is 0.692. The molecule has 16 heavy (non-hydrogen) atoms. The summed E-state index contributed by atoms with van der Waals surface area (Å²) < 4.78 is 2.05. The maximum Gasteiger partial charge on any atom is 0.0757 e. The Morgan fingerprint density at radius 1 is 1.50 bits per heavy atom. The van der Waals surface area contributed by atoms with Crippen LogP contribution in [0.4, 0.5) is 0 Å². The third-order valence-corrected chi connectivity index (χ3v) is 3.70. The van der Waals surface area contributed by atoms with Crippen LogP contribution in [0, 0.1) is 11.3 Å². The highest BCUT2D eigenvalue weighted by Gasteiger charge is 2.36. The maximum absolute atomic E-state index is 8.98. The van der Waals surface area contributed by atoms with Gasteiger partial charge in [0, 0.05) is 6.20 Å². The zero-order chi connectivity index (χ0) is 11.6. The molecule has 0 aromatic carbocycles. The smallest absolute Gasteiger partial charge is 0.0757 e. The average molecular weight is 217 g/mol. The minimum Gasteiger partial charge on any atom is -0.265 e. The van der Waals surface area contributed by atoms with Gasteiger partial charge in [-0.05, 0) is 24.3 Å². The van der Waals surface area contributed by atoms with Crippen molar-refractivity contribution in [2.24, 2.45) is 0 Å². The van der Waals surface area contributed by atoms with Gasteiger partial charge in [-0.3, -0.25) is 4.68 Å². The number of nitriles is 1. The summed E-state index contributed by atoms with van der Waals surface area (Å²) in [5.41, 5.74) is 1.26. The quantitative estimate of drug-likeness (QED) is 0.780.